The van der Waals surface area contributed by atoms with E-state index in [1.54, 1.807) is 29.2 Å². The molecule has 4 rings (SSSR count). The van der Waals surface area contributed by atoms with Crippen molar-refractivity contribution >= 4 is 40.2 Å². The second-order valence-electron chi connectivity index (χ2n) is 5.85. The van der Waals surface area contributed by atoms with Crippen molar-refractivity contribution in [3.05, 3.63) is 76.6 Å². The number of nitrogens with zero attached hydrogens (tertiary/aromatic N) is 2. The fourth-order valence-corrected chi connectivity index (χ4v) is 4.42. The van der Waals surface area contributed by atoms with Crippen molar-refractivity contribution in [3.63, 3.8) is 0 Å². The highest BCUT2D eigenvalue weighted by Crippen LogP contribution is 2.27. The number of hydrogen-bond donors (Lipinski definition) is 0. The number of aromatic nitrogens is 2. The van der Waals surface area contributed by atoms with Crippen LogP contribution in [0.4, 0.5) is 0 Å². The Morgan fingerprint density at radius 2 is 1.96 bits per heavy atom. The van der Waals surface area contributed by atoms with Gasteiger partial charge in [0.25, 0.3) is 0 Å². The van der Waals surface area contributed by atoms with Gasteiger partial charge in [-0.1, -0.05) is 42.1 Å². The highest BCUT2D eigenvalue weighted by molar-refractivity contribution is 8.00. The summed E-state index contributed by atoms with van der Waals surface area (Å²) in [6.45, 7) is 1.97. The minimum absolute atomic E-state index is 0.000660. The van der Waals surface area contributed by atoms with Crippen LogP contribution in [-0.2, 0) is 17.1 Å². The summed E-state index contributed by atoms with van der Waals surface area (Å²) in [5.74, 6) is 0.652. The molecular formula is C20H16N2O3S2. The second-order valence-corrected chi connectivity index (χ2v) is 7.93. The molecule has 4 aromatic rings. The smallest absolute Gasteiger partial charge is 0.338 e. The Hall–Kier alpha value is -2.64. The van der Waals surface area contributed by atoms with Gasteiger partial charge in [-0.3, -0.25) is 0 Å². The zero-order valence-electron chi connectivity index (χ0n) is 14.5. The lowest BCUT2D eigenvalue weighted by Crippen LogP contribution is -2.08. The zero-order valence-corrected chi connectivity index (χ0v) is 16.2. The minimum atomic E-state index is -0.385. The number of rotatable bonds is 6. The van der Waals surface area contributed by atoms with E-state index in [1.807, 2.05) is 54.8 Å². The summed E-state index contributed by atoms with van der Waals surface area (Å²) in [6, 6.07) is 14.9. The Kier molecular flexibility index (Phi) is 5.22. The maximum Gasteiger partial charge on any atom is 0.338 e. The predicted octanol–water partition coefficient (Wildman–Crippen LogP) is 5.24. The molecule has 0 saturated carbocycles. The monoisotopic (exact) mass is 396 g/mol. The Balaban J connectivity index is 1.43. The van der Waals surface area contributed by atoms with Crippen molar-refractivity contribution in [3.8, 4) is 0 Å². The van der Waals surface area contributed by atoms with Crippen LogP contribution in [0.2, 0.25) is 0 Å². The van der Waals surface area contributed by atoms with Gasteiger partial charge in [0.2, 0.25) is 5.89 Å². The number of ether oxygens (including phenoxy) is 1. The van der Waals surface area contributed by atoms with Gasteiger partial charge >= 0.3 is 5.97 Å². The van der Waals surface area contributed by atoms with Gasteiger partial charge in [0.1, 0.15) is 9.86 Å². The van der Waals surface area contributed by atoms with Crippen molar-refractivity contribution in [2.75, 3.05) is 0 Å². The minimum Gasteiger partial charge on any atom is -0.452 e. The first-order valence-electron chi connectivity index (χ1n) is 8.33. The van der Waals surface area contributed by atoms with E-state index in [1.165, 1.54) is 0 Å². The lowest BCUT2D eigenvalue weighted by molar-refractivity contribution is 0.0439. The van der Waals surface area contributed by atoms with E-state index in [0.29, 0.717) is 22.8 Å². The number of oxazole rings is 1. The highest BCUT2D eigenvalue weighted by Gasteiger charge is 2.15. The summed E-state index contributed by atoms with van der Waals surface area (Å²) in [4.78, 5) is 21.3. The third-order valence-electron chi connectivity index (χ3n) is 3.85. The van der Waals surface area contributed by atoms with Gasteiger partial charge in [-0.15, -0.1) is 11.3 Å². The number of carbonyl (C=O) groups excluding carboxylic acids is 1. The number of hydrogen-bond acceptors (Lipinski definition) is 7. The molecule has 2 aromatic carbocycles. The molecule has 0 fully saturated rings. The van der Waals surface area contributed by atoms with Gasteiger partial charge in [0, 0.05) is 16.8 Å². The van der Waals surface area contributed by atoms with Crippen LogP contribution in [0, 0.1) is 6.92 Å². The number of carbonyl (C=O) groups is 1. The molecule has 2 heterocycles. The number of esters is 1. The summed E-state index contributed by atoms with van der Waals surface area (Å²) >= 11 is 3.22. The molecule has 0 unspecified atom stereocenters. The Labute approximate surface area is 164 Å². The summed E-state index contributed by atoms with van der Waals surface area (Å²) in [6.07, 6.45) is 0. The fourth-order valence-electron chi connectivity index (χ4n) is 2.57. The average Bonchev–Trinajstić information content (AvgIpc) is 3.30. The molecule has 5 nitrogen and oxygen atoms in total. The Morgan fingerprint density at radius 1 is 1.15 bits per heavy atom. The van der Waals surface area contributed by atoms with Gasteiger partial charge < -0.3 is 9.15 Å². The zero-order chi connectivity index (χ0) is 18.6. The van der Waals surface area contributed by atoms with E-state index in [2.05, 4.69) is 9.97 Å². The fraction of sp³-hybridized carbons (Fsp3) is 0.150. The normalized spacial score (nSPS) is 11.0. The topological polar surface area (TPSA) is 65.2 Å². The molecule has 0 amide bonds. The summed E-state index contributed by atoms with van der Waals surface area (Å²) in [5, 5.41) is 2.02. The number of thioether (sulfide) groups is 1. The molecule has 0 spiro atoms. The molecule has 0 bridgehead atoms. The molecule has 0 saturated heterocycles. The van der Waals surface area contributed by atoms with E-state index in [0.717, 1.165) is 21.1 Å². The molecular weight excluding hydrogens is 380 g/mol. The Morgan fingerprint density at radius 3 is 2.78 bits per heavy atom. The van der Waals surface area contributed by atoms with E-state index >= 15 is 0 Å². The van der Waals surface area contributed by atoms with Crippen molar-refractivity contribution in [1.29, 1.82) is 0 Å². The van der Waals surface area contributed by atoms with Gasteiger partial charge in [-0.2, -0.15) is 0 Å². The molecule has 136 valence electrons. The predicted molar refractivity (Wildman–Crippen MR) is 106 cm³/mol. The van der Waals surface area contributed by atoms with Crippen molar-refractivity contribution in [2.24, 2.45) is 0 Å². The largest absolute Gasteiger partial charge is 0.452 e. The van der Waals surface area contributed by atoms with E-state index in [-0.39, 0.29) is 12.6 Å². The van der Waals surface area contributed by atoms with Crippen LogP contribution in [0.5, 0.6) is 0 Å². The van der Waals surface area contributed by atoms with Crippen LogP contribution in [0.25, 0.3) is 11.1 Å². The molecule has 27 heavy (non-hydrogen) atoms. The first-order valence-corrected chi connectivity index (χ1v) is 10.2. The van der Waals surface area contributed by atoms with Gasteiger partial charge in [0.15, 0.2) is 12.2 Å². The molecule has 0 aliphatic heterocycles. The Bertz CT molecular complexity index is 1050. The molecule has 7 heteroatoms. The van der Waals surface area contributed by atoms with Gasteiger partial charge in [-0.25, -0.2) is 14.8 Å². The number of thiazole rings is 1. The van der Waals surface area contributed by atoms with E-state index < -0.39 is 0 Å². The maximum atomic E-state index is 12.6. The molecule has 0 aliphatic rings. The van der Waals surface area contributed by atoms with Gasteiger partial charge in [0.05, 0.1) is 5.56 Å². The molecule has 0 N–H and O–H groups in total. The molecule has 0 aliphatic carbocycles. The highest BCUT2D eigenvalue weighted by atomic mass is 32.2. The van der Waals surface area contributed by atoms with Crippen LogP contribution in [0.3, 0.4) is 0 Å². The standard InChI is InChI=1S/C20H16N2O3S2/c1-13-11-26-20(21-13)27-12-14-6-2-3-7-15(14)19(23)24-10-18-22-16-8-4-5-9-17(16)25-18/h2-9,11H,10,12H2,1H3. The second kappa shape index (κ2) is 7.94. The van der Waals surface area contributed by atoms with E-state index in [9.17, 15) is 4.79 Å². The van der Waals surface area contributed by atoms with Crippen molar-refractivity contribution in [1.82, 2.24) is 9.97 Å². The first kappa shape index (κ1) is 17.8. The van der Waals surface area contributed by atoms with Crippen molar-refractivity contribution < 1.29 is 13.9 Å². The van der Waals surface area contributed by atoms with Crippen LogP contribution in [0.1, 0.15) is 27.5 Å². The molecule has 2 aromatic heterocycles. The van der Waals surface area contributed by atoms with Crippen LogP contribution >= 0.6 is 23.1 Å². The number of aryl methyl sites for hydroxylation is 1. The SMILES string of the molecule is Cc1csc(SCc2ccccc2C(=O)OCc2nc3ccccc3o2)n1. The van der Waals surface area contributed by atoms with Crippen LogP contribution < -0.4 is 0 Å². The van der Waals surface area contributed by atoms with Crippen LogP contribution in [-0.4, -0.2) is 15.9 Å². The number of benzene rings is 2. The summed E-state index contributed by atoms with van der Waals surface area (Å²) in [7, 11) is 0. The third-order valence-corrected chi connectivity index (χ3v) is 6.04. The van der Waals surface area contributed by atoms with E-state index in [4.69, 9.17) is 9.15 Å². The van der Waals surface area contributed by atoms with Crippen molar-refractivity contribution in [2.45, 2.75) is 23.6 Å². The average molecular weight is 396 g/mol. The maximum absolute atomic E-state index is 12.6. The molecule has 0 atom stereocenters. The van der Waals surface area contributed by atoms with Crippen LogP contribution in [0.15, 0.2) is 62.7 Å². The molecule has 0 radical (unpaired) electrons. The van der Waals surface area contributed by atoms with Gasteiger partial charge in [-0.05, 0) is 30.7 Å². The lowest BCUT2D eigenvalue weighted by Gasteiger charge is -2.08. The summed E-state index contributed by atoms with van der Waals surface area (Å²) < 4.78 is 12.0. The number of fused-ring (bicyclic) bond motifs is 1. The number of para-hydroxylation sites is 2. The third kappa shape index (κ3) is 4.20. The quantitative estimate of drug-likeness (QED) is 0.328. The lowest BCUT2D eigenvalue weighted by atomic mass is 10.1. The summed E-state index contributed by atoms with van der Waals surface area (Å²) in [5.41, 5.74) is 3.90. The first-order chi connectivity index (χ1) is 13.2.